The highest BCUT2D eigenvalue weighted by Crippen LogP contribution is 2.27. The SMILES string of the molecule is CCOC(=O)CCc1ccc(C(F)F)cc1OC. The summed E-state index contributed by atoms with van der Waals surface area (Å²) < 4.78 is 34.8. The van der Waals surface area contributed by atoms with Crippen LogP contribution in [0.3, 0.4) is 0 Å². The molecule has 0 spiro atoms. The first-order valence-corrected chi connectivity index (χ1v) is 5.69. The van der Waals surface area contributed by atoms with Crippen molar-refractivity contribution in [3.8, 4) is 5.75 Å². The first-order chi connectivity index (χ1) is 8.58. The van der Waals surface area contributed by atoms with E-state index >= 15 is 0 Å². The largest absolute Gasteiger partial charge is 0.496 e. The minimum absolute atomic E-state index is 0.0910. The first kappa shape index (κ1) is 14.4. The molecule has 0 N–H and O–H groups in total. The second-order valence-corrected chi connectivity index (χ2v) is 3.68. The molecule has 0 fully saturated rings. The summed E-state index contributed by atoms with van der Waals surface area (Å²) in [6, 6.07) is 4.19. The summed E-state index contributed by atoms with van der Waals surface area (Å²) >= 11 is 0. The van der Waals surface area contributed by atoms with Gasteiger partial charge in [0.2, 0.25) is 0 Å². The van der Waals surface area contributed by atoms with Gasteiger partial charge in [0.05, 0.1) is 13.7 Å². The highest BCUT2D eigenvalue weighted by atomic mass is 19.3. The van der Waals surface area contributed by atoms with Crippen LogP contribution in [0.25, 0.3) is 0 Å². The van der Waals surface area contributed by atoms with Gasteiger partial charge < -0.3 is 9.47 Å². The van der Waals surface area contributed by atoms with Gasteiger partial charge in [0.15, 0.2) is 0 Å². The summed E-state index contributed by atoms with van der Waals surface area (Å²) in [5, 5.41) is 0. The lowest BCUT2D eigenvalue weighted by Crippen LogP contribution is -2.06. The quantitative estimate of drug-likeness (QED) is 0.735. The van der Waals surface area contributed by atoms with Gasteiger partial charge in [-0.15, -0.1) is 0 Å². The number of carbonyl (C=O) groups excluding carboxylic acids is 1. The van der Waals surface area contributed by atoms with Gasteiger partial charge in [-0.3, -0.25) is 4.79 Å². The van der Waals surface area contributed by atoms with E-state index < -0.39 is 6.43 Å². The summed E-state index contributed by atoms with van der Waals surface area (Å²) in [4.78, 5) is 11.2. The molecule has 0 aromatic heterocycles. The molecule has 1 aromatic rings. The Morgan fingerprint density at radius 2 is 2.11 bits per heavy atom. The molecular formula is C13H16F2O3. The van der Waals surface area contributed by atoms with Crippen molar-refractivity contribution in [2.75, 3.05) is 13.7 Å². The fraction of sp³-hybridized carbons (Fsp3) is 0.462. The minimum atomic E-state index is -2.53. The fourth-order valence-electron chi connectivity index (χ4n) is 1.57. The molecule has 0 heterocycles. The van der Waals surface area contributed by atoms with Crippen molar-refractivity contribution < 1.29 is 23.0 Å². The van der Waals surface area contributed by atoms with E-state index in [1.807, 2.05) is 0 Å². The van der Waals surface area contributed by atoms with Crippen molar-refractivity contribution in [3.63, 3.8) is 0 Å². The molecule has 0 aliphatic rings. The molecule has 0 radical (unpaired) electrons. The molecule has 0 amide bonds. The number of halogens is 2. The van der Waals surface area contributed by atoms with Gasteiger partial charge in [-0.2, -0.15) is 0 Å². The van der Waals surface area contributed by atoms with E-state index in [1.165, 1.54) is 19.2 Å². The highest BCUT2D eigenvalue weighted by molar-refractivity contribution is 5.69. The average molecular weight is 258 g/mol. The predicted octanol–water partition coefficient (Wildman–Crippen LogP) is 3.13. The first-order valence-electron chi connectivity index (χ1n) is 5.69. The van der Waals surface area contributed by atoms with Crippen LogP contribution in [0, 0.1) is 0 Å². The summed E-state index contributed by atoms with van der Waals surface area (Å²) in [7, 11) is 1.42. The number of hydrogen-bond donors (Lipinski definition) is 0. The Hall–Kier alpha value is -1.65. The number of carbonyl (C=O) groups is 1. The maximum atomic E-state index is 12.5. The van der Waals surface area contributed by atoms with Crippen LogP contribution in [-0.4, -0.2) is 19.7 Å². The summed E-state index contributed by atoms with van der Waals surface area (Å²) in [6.45, 7) is 2.07. The van der Waals surface area contributed by atoms with Crippen molar-refractivity contribution in [2.24, 2.45) is 0 Å². The van der Waals surface area contributed by atoms with Gasteiger partial charge in [0, 0.05) is 12.0 Å². The summed E-state index contributed by atoms with van der Waals surface area (Å²) in [5.74, 6) is 0.0644. The molecule has 1 aromatic carbocycles. The van der Waals surface area contributed by atoms with Crippen LogP contribution in [0.15, 0.2) is 18.2 Å². The van der Waals surface area contributed by atoms with E-state index in [0.717, 1.165) is 5.56 Å². The molecule has 18 heavy (non-hydrogen) atoms. The number of benzene rings is 1. The van der Waals surface area contributed by atoms with Gasteiger partial charge in [-0.25, -0.2) is 8.78 Å². The molecule has 0 atom stereocenters. The zero-order valence-corrected chi connectivity index (χ0v) is 10.4. The highest BCUT2D eigenvalue weighted by Gasteiger charge is 2.12. The third-order valence-electron chi connectivity index (χ3n) is 2.47. The molecule has 100 valence electrons. The standard InChI is InChI=1S/C13H16F2O3/c1-3-18-12(16)7-6-9-4-5-10(13(14)15)8-11(9)17-2/h4-5,8,13H,3,6-7H2,1-2H3. The van der Waals surface area contributed by atoms with Crippen LogP contribution < -0.4 is 4.74 Å². The normalized spacial score (nSPS) is 10.5. The Labute approximate surface area is 105 Å². The topological polar surface area (TPSA) is 35.5 Å². The second-order valence-electron chi connectivity index (χ2n) is 3.68. The van der Waals surface area contributed by atoms with E-state index in [1.54, 1.807) is 13.0 Å². The Kier molecular flexibility index (Phi) is 5.55. The smallest absolute Gasteiger partial charge is 0.306 e. The maximum absolute atomic E-state index is 12.5. The average Bonchev–Trinajstić information content (AvgIpc) is 2.36. The summed E-state index contributed by atoms with van der Waals surface area (Å²) in [5.41, 5.74) is 0.627. The second kappa shape index (κ2) is 6.93. The molecule has 3 nitrogen and oxygen atoms in total. The van der Waals surface area contributed by atoms with Gasteiger partial charge >= 0.3 is 5.97 Å². The van der Waals surface area contributed by atoms with Crippen LogP contribution in [0.2, 0.25) is 0 Å². The van der Waals surface area contributed by atoms with Crippen molar-refractivity contribution in [3.05, 3.63) is 29.3 Å². The Bertz CT molecular complexity index is 405. The van der Waals surface area contributed by atoms with Gasteiger partial charge in [-0.1, -0.05) is 12.1 Å². The Morgan fingerprint density at radius 3 is 2.67 bits per heavy atom. The third-order valence-corrected chi connectivity index (χ3v) is 2.47. The number of ether oxygens (including phenoxy) is 2. The molecule has 0 aliphatic heterocycles. The number of methoxy groups -OCH3 is 1. The number of alkyl halides is 2. The zero-order chi connectivity index (χ0) is 13.5. The van der Waals surface area contributed by atoms with Crippen LogP contribution >= 0.6 is 0 Å². The van der Waals surface area contributed by atoms with E-state index in [2.05, 4.69) is 0 Å². The predicted molar refractivity (Wildman–Crippen MR) is 62.9 cm³/mol. The molecule has 0 saturated carbocycles. The zero-order valence-electron chi connectivity index (χ0n) is 10.4. The maximum Gasteiger partial charge on any atom is 0.306 e. The lowest BCUT2D eigenvalue weighted by atomic mass is 10.1. The van der Waals surface area contributed by atoms with Gasteiger partial charge in [0.1, 0.15) is 5.75 Å². The fourth-order valence-corrected chi connectivity index (χ4v) is 1.57. The number of hydrogen-bond acceptors (Lipinski definition) is 3. The third kappa shape index (κ3) is 3.98. The van der Waals surface area contributed by atoms with Crippen LogP contribution in [-0.2, 0) is 16.0 Å². The van der Waals surface area contributed by atoms with Crippen molar-refractivity contribution >= 4 is 5.97 Å². The van der Waals surface area contributed by atoms with Crippen LogP contribution in [0.4, 0.5) is 8.78 Å². The van der Waals surface area contributed by atoms with Gasteiger partial charge in [0.25, 0.3) is 6.43 Å². The lowest BCUT2D eigenvalue weighted by molar-refractivity contribution is -0.143. The van der Waals surface area contributed by atoms with Gasteiger partial charge in [-0.05, 0) is 25.0 Å². The van der Waals surface area contributed by atoms with Crippen LogP contribution in [0.5, 0.6) is 5.75 Å². The number of esters is 1. The van der Waals surface area contributed by atoms with Crippen molar-refractivity contribution in [1.82, 2.24) is 0 Å². The van der Waals surface area contributed by atoms with Crippen molar-refractivity contribution in [2.45, 2.75) is 26.2 Å². The van der Waals surface area contributed by atoms with Crippen LogP contribution in [0.1, 0.15) is 30.9 Å². The Balaban J connectivity index is 2.73. The molecule has 1 rings (SSSR count). The van der Waals surface area contributed by atoms with Crippen molar-refractivity contribution in [1.29, 1.82) is 0 Å². The summed E-state index contributed by atoms with van der Waals surface area (Å²) in [6.07, 6.45) is -1.91. The Morgan fingerprint density at radius 1 is 1.39 bits per heavy atom. The number of rotatable bonds is 6. The molecule has 0 aliphatic carbocycles. The lowest BCUT2D eigenvalue weighted by Gasteiger charge is -2.10. The van der Waals surface area contributed by atoms with E-state index in [4.69, 9.17) is 9.47 Å². The minimum Gasteiger partial charge on any atom is -0.496 e. The number of aryl methyl sites for hydroxylation is 1. The molecule has 0 saturated heterocycles. The van der Waals surface area contributed by atoms with E-state index in [9.17, 15) is 13.6 Å². The molecular weight excluding hydrogens is 242 g/mol. The van der Waals surface area contributed by atoms with E-state index in [-0.39, 0.29) is 18.0 Å². The molecule has 5 heteroatoms. The monoisotopic (exact) mass is 258 g/mol. The molecule has 0 bridgehead atoms. The van der Waals surface area contributed by atoms with E-state index in [0.29, 0.717) is 18.8 Å². The molecule has 0 unspecified atom stereocenters.